The molecule has 4 nitrogen and oxygen atoms in total. The van der Waals surface area contributed by atoms with E-state index in [4.69, 9.17) is 9.47 Å². The average Bonchev–Trinajstić information content (AvgIpc) is 2.40. The van der Waals surface area contributed by atoms with Crippen LogP contribution in [-0.2, 0) is 9.47 Å². The normalized spacial score (nSPS) is 22.3. The van der Waals surface area contributed by atoms with Gasteiger partial charge >= 0.3 is 6.09 Å². The largest absolute Gasteiger partial charge is 0.444 e. The second-order valence-electron chi connectivity index (χ2n) is 8.13. The first-order valence-electron chi connectivity index (χ1n) is 8.89. The minimum absolute atomic E-state index is 0.174. The Morgan fingerprint density at radius 3 is 2.32 bits per heavy atom. The minimum atomic E-state index is -0.414. The maximum Gasteiger partial charge on any atom is 0.410 e. The van der Waals surface area contributed by atoms with Crippen LogP contribution in [0.1, 0.15) is 66.2 Å². The van der Waals surface area contributed by atoms with E-state index < -0.39 is 5.60 Å². The SMILES string of the molecule is CCC1(COCC2CCC2)CCN(C(=O)OC(C)(C)C)CC1. The van der Waals surface area contributed by atoms with Gasteiger partial charge in [-0.1, -0.05) is 13.3 Å². The molecule has 1 heterocycles. The van der Waals surface area contributed by atoms with E-state index in [1.807, 2.05) is 25.7 Å². The van der Waals surface area contributed by atoms with E-state index in [0.717, 1.165) is 51.5 Å². The van der Waals surface area contributed by atoms with E-state index in [1.54, 1.807) is 0 Å². The van der Waals surface area contributed by atoms with Crippen LogP contribution < -0.4 is 0 Å². The number of rotatable bonds is 5. The predicted molar refractivity (Wildman–Crippen MR) is 87.9 cm³/mol. The first-order valence-corrected chi connectivity index (χ1v) is 8.89. The molecule has 0 aromatic heterocycles. The summed E-state index contributed by atoms with van der Waals surface area (Å²) in [6, 6.07) is 0. The summed E-state index contributed by atoms with van der Waals surface area (Å²) in [4.78, 5) is 14.0. The molecule has 0 unspecified atom stereocenters. The van der Waals surface area contributed by atoms with Gasteiger partial charge in [-0.05, 0) is 64.2 Å². The lowest BCUT2D eigenvalue weighted by Gasteiger charge is -2.41. The van der Waals surface area contributed by atoms with Gasteiger partial charge in [0.15, 0.2) is 0 Å². The number of amides is 1. The number of piperidine rings is 1. The molecule has 2 aliphatic rings. The summed E-state index contributed by atoms with van der Waals surface area (Å²) >= 11 is 0. The van der Waals surface area contributed by atoms with Gasteiger partial charge in [0, 0.05) is 19.7 Å². The summed E-state index contributed by atoms with van der Waals surface area (Å²) in [7, 11) is 0. The minimum Gasteiger partial charge on any atom is -0.444 e. The van der Waals surface area contributed by atoms with Crippen molar-refractivity contribution in [3.63, 3.8) is 0 Å². The molecule has 0 aromatic rings. The Bertz CT molecular complexity index is 363. The fourth-order valence-electron chi connectivity index (χ4n) is 3.19. The van der Waals surface area contributed by atoms with Crippen molar-refractivity contribution in [1.29, 1.82) is 0 Å². The molecule has 0 spiro atoms. The third kappa shape index (κ3) is 4.87. The molecule has 0 N–H and O–H groups in total. The monoisotopic (exact) mass is 311 g/mol. The third-order valence-corrected chi connectivity index (χ3v) is 5.21. The van der Waals surface area contributed by atoms with E-state index in [2.05, 4.69) is 6.92 Å². The van der Waals surface area contributed by atoms with Crippen molar-refractivity contribution < 1.29 is 14.3 Å². The summed E-state index contributed by atoms with van der Waals surface area (Å²) in [5.74, 6) is 0.802. The molecule has 0 atom stereocenters. The molecule has 128 valence electrons. The number of carbonyl (C=O) groups excluding carboxylic acids is 1. The van der Waals surface area contributed by atoms with Gasteiger partial charge in [0.25, 0.3) is 0 Å². The second-order valence-corrected chi connectivity index (χ2v) is 8.13. The lowest BCUT2D eigenvalue weighted by atomic mass is 9.77. The van der Waals surface area contributed by atoms with Crippen molar-refractivity contribution in [2.24, 2.45) is 11.3 Å². The number of likely N-dealkylation sites (tertiary alicyclic amines) is 1. The van der Waals surface area contributed by atoms with E-state index in [9.17, 15) is 4.79 Å². The van der Waals surface area contributed by atoms with Crippen molar-refractivity contribution in [2.45, 2.75) is 71.8 Å². The van der Waals surface area contributed by atoms with Crippen LogP contribution in [0.4, 0.5) is 4.79 Å². The van der Waals surface area contributed by atoms with E-state index in [0.29, 0.717) is 0 Å². The van der Waals surface area contributed by atoms with Crippen LogP contribution in [0, 0.1) is 11.3 Å². The van der Waals surface area contributed by atoms with Gasteiger partial charge in [-0.3, -0.25) is 0 Å². The predicted octanol–water partition coefficient (Wildman–Crippen LogP) is 4.23. The molecule has 0 radical (unpaired) electrons. The number of ether oxygens (including phenoxy) is 2. The van der Waals surface area contributed by atoms with Gasteiger partial charge in [-0.25, -0.2) is 4.79 Å². The molecule has 22 heavy (non-hydrogen) atoms. The highest BCUT2D eigenvalue weighted by atomic mass is 16.6. The molecular weight excluding hydrogens is 278 g/mol. The highest BCUT2D eigenvalue weighted by Crippen LogP contribution is 2.36. The molecule has 4 heteroatoms. The first kappa shape index (κ1) is 17.6. The molecule has 1 saturated heterocycles. The zero-order chi connectivity index (χ0) is 16.2. The quantitative estimate of drug-likeness (QED) is 0.762. The summed E-state index contributed by atoms with van der Waals surface area (Å²) in [5.41, 5.74) is -0.162. The van der Waals surface area contributed by atoms with E-state index in [1.165, 1.54) is 19.3 Å². The first-order chi connectivity index (χ1) is 10.3. The van der Waals surface area contributed by atoms with Gasteiger partial charge in [-0.2, -0.15) is 0 Å². The van der Waals surface area contributed by atoms with Gasteiger partial charge in [0.1, 0.15) is 5.60 Å². The van der Waals surface area contributed by atoms with Crippen LogP contribution in [0.3, 0.4) is 0 Å². The number of nitrogens with zero attached hydrogens (tertiary/aromatic N) is 1. The molecule has 0 aromatic carbocycles. The highest BCUT2D eigenvalue weighted by molar-refractivity contribution is 5.68. The van der Waals surface area contributed by atoms with Gasteiger partial charge in [0.2, 0.25) is 0 Å². The fraction of sp³-hybridized carbons (Fsp3) is 0.944. The molecule has 1 saturated carbocycles. The molecule has 2 fully saturated rings. The van der Waals surface area contributed by atoms with Crippen LogP contribution in [0.25, 0.3) is 0 Å². The standard InChI is InChI=1S/C18H33NO3/c1-5-18(14-21-13-15-7-6-8-15)9-11-19(12-10-18)16(20)22-17(2,3)4/h15H,5-14H2,1-4H3. The summed E-state index contributed by atoms with van der Waals surface area (Å²) in [5, 5.41) is 0. The molecule has 1 aliphatic carbocycles. The Morgan fingerprint density at radius 1 is 1.23 bits per heavy atom. The maximum atomic E-state index is 12.1. The van der Waals surface area contributed by atoms with Crippen LogP contribution in [0.2, 0.25) is 0 Å². The van der Waals surface area contributed by atoms with Gasteiger partial charge in [-0.15, -0.1) is 0 Å². The van der Waals surface area contributed by atoms with Crippen LogP contribution in [0.15, 0.2) is 0 Å². The van der Waals surface area contributed by atoms with Crippen LogP contribution in [0.5, 0.6) is 0 Å². The zero-order valence-corrected chi connectivity index (χ0v) is 14.8. The Morgan fingerprint density at radius 2 is 1.86 bits per heavy atom. The maximum absolute atomic E-state index is 12.1. The number of hydrogen-bond donors (Lipinski definition) is 0. The fourth-order valence-corrected chi connectivity index (χ4v) is 3.19. The Labute approximate surface area is 135 Å². The van der Waals surface area contributed by atoms with Crippen molar-refractivity contribution in [3.8, 4) is 0 Å². The van der Waals surface area contributed by atoms with Crippen LogP contribution >= 0.6 is 0 Å². The number of carbonyl (C=O) groups is 1. The molecule has 1 aliphatic heterocycles. The smallest absolute Gasteiger partial charge is 0.410 e. The molecular formula is C18H33NO3. The van der Waals surface area contributed by atoms with Gasteiger partial charge < -0.3 is 14.4 Å². The lowest BCUT2D eigenvalue weighted by molar-refractivity contribution is -0.0304. The Balaban J connectivity index is 1.75. The van der Waals surface area contributed by atoms with Crippen molar-refractivity contribution in [3.05, 3.63) is 0 Å². The summed E-state index contributed by atoms with van der Waals surface area (Å²) in [6.45, 7) is 11.3. The summed E-state index contributed by atoms with van der Waals surface area (Å²) in [6.07, 6.45) is 7.04. The van der Waals surface area contributed by atoms with E-state index >= 15 is 0 Å². The average molecular weight is 311 g/mol. The van der Waals surface area contributed by atoms with Gasteiger partial charge in [0.05, 0.1) is 6.61 Å². The Hall–Kier alpha value is -0.770. The summed E-state index contributed by atoms with van der Waals surface area (Å²) < 4.78 is 11.5. The van der Waals surface area contributed by atoms with Crippen molar-refractivity contribution in [1.82, 2.24) is 4.90 Å². The van der Waals surface area contributed by atoms with Crippen molar-refractivity contribution in [2.75, 3.05) is 26.3 Å². The zero-order valence-electron chi connectivity index (χ0n) is 14.8. The molecule has 2 rings (SSSR count). The third-order valence-electron chi connectivity index (χ3n) is 5.21. The molecule has 1 amide bonds. The Kier molecular flexibility index (Phi) is 5.76. The molecule has 0 bridgehead atoms. The second kappa shape index (κ2) is 7.20. The number of hydrogen-bond acceptors (Lipinski definition) is 3. The van der Waals surface area contributed by atoms with Crippen LogP contribution in [-0.4, -0.2) is 42.9 Å². The van der Waals surface area contributed by atoms with Crippen molar-refractivity contribution >= 4 is 6.09 Å². The lowest BCUT2D eigenvalue weighted by Crippen LogP contribution is -2.46. The van der Waals surface area contributed by atoms with E-state index in [-0.39, 0.29) is 11.5 Å². The topological polar surface area (TPSA) is 38.8 Å². The highest BCUT2D eigenvalue weighted by Gasteiger charge is 2.36.